The highest BCUT2D eigenvalue weighted by Gasteiger charge is 2.33. The number of nitrogens with zero attached hydrogens (tertiary/aromatic N) is 2. The molecule has 58 heavy (non-hydrogen) atoms. The van der Waals surface area contributed by atoms with Crippen LogP contribution in [0.5, 0.6) is 0 Å². The molecule has 4 heteroatoms. The highest BCUT2D eigenvalue weighted by atomic mass is 19.1. The Morgan fingerprint density at radius 1 is 0.448 bits per heavy atom. The molecule has 11 rings (SSSR count). The van der Waals surface area contributed by atoms with Crippen molar-refractivity contribution < 1.29 is 8.78 Å². The Labute approximate surface area is 336 Å². The fourth-order valence-corrected chi connectivity index (χ4v) is 9.67. The van der Waals surface area contributed by atoms with Gasteiger partial charge in [-0.1, -0.05) is 86.6 Å². The lowest BCUT2D eigenvalue weighted by molar-refractivity contribution is 0.475. The second kappa shape index (κ2) is 12.9. The molecule has 0 N–H and O–H groups in total. The molecule has 0 saturated carbocycles. The Hall–Kier alpha value is -6.78. The Balaban J connectivity index is 1.26. The van der Waals surface area contributed by atoms with E-state index in [1.54, 1.807) is 24.3 Å². The lowest BCUT2D eigenvalue weighted by atomic mass is 9.70. The Morgan fingerprint density at radius 2 is 0.948 bits per heavy atom. The zero-order valence-corrected chi connectivity index (χ0v) is 32.7. The van der Waals surface area contributed by atoms with Crippen LogP contribution in [0, 0.1) is 18.6 Å². The molecular formula is C54H40F2N2. The summed E-state index contributed by atoms with van der Waals surface area (Å²) in [6.07, 6.45) is 1.95. The smallest absolute Gasteiger partial charge is 0.123 e. The summed E-state index contributed by atoms with van der Waals surface area (Å²) >= 11 is 0. The largest absolute Gasteiger partial charge is 0.310 e. The van der Waals surface area contributed by atoms with E-state index in [9.17, 15) is 8.78 Å². The van der Waals surface area contributed by atoms with Crippen LogP contribution < -0.4 is 9.80 Å². The van der Waals surface area contributed by atoms with Gasteiger partial charge in [-0.25, -0.2) is 8.78 Å². The second-order valence-corrected chi connectivity index (χ2v) is 16.6. The monoisotopic (exact) mass is 754 g/mol. The van der Waals surface area contributed by atoms with E-state index in [2.05, 4.69) is 146 Å². The molecule has 0 aromatic heterocycles. The zero-order chi connectivity index (χ0) is 39.3. The van der Waals surface area contributed by atoms with Gasteiger partial charge in [0.15, 0.2) is 0 Å². The van der Waals surface area contributed by atoms with Gasteiger partial charge in [-0.3, -0.25) is 0 Å². The zero-order valence-electron chi connectivity index (χ0n) is 32.7. The number of aryl methyl sites for hydroxylation is 2. The second-order valence-electron chi connectivity index (χ2n) is 16.6. The van der Waals surface area contributed by atoms with E-state index in [0.717, 1.165) is 68.5 Å². The predicted octanol–water partition coefficient (Wildman–Crippen LogP) is 15.6. The summed E-state index contributed by atoms with van der Waals surface area (Å²) in [6, 6.07) is 55.5. The maximum atomic E-state index is 14.6. The maximum Gasteiger partial charge on any atom is 0.123 e. The van der Waals surface area contributed by atoms with Crippen LogP contribution in [0.2, 0.25) is 0 Å². The van der Waals surface area contributed by atoms with Gasteiger partial charge in [-0.15, -0.1) is 0 Å². The molecule has 0 atom stereocenters. The van der Waals surface area contributed by atoms with Crippen molar-refractivity contribution >= 4 is 88.0 Å². The molecule has 0 fully saturated rings. The third kappa shape index (κ3) is 5.35. The van der Waals surface area contributed by atoms with Gasteiger partial charge in [-0.2, -0.15) is 0 Å². The summed E-state index contributed by atoms with van der Waals surface area (Å²) in [5.74, 6) is -0.531. The highest BCUT2D eigenvalue weighted by molar-refractivity contribution is 6.30. The number of fused-ring (bicyclic) bond motifs is 2. The van der Waals surface area contributed by atoms with Crippen LogP contribution in [0.15, 0.2) is 164 Å². The standard InChI is InChI=1S/C54H40F2N2/c1-33-28-49(57(41-20-14-39(55)15-21-41)43-18-12-34-8-4-6-10-36(34)29-43)47-32-48-51-38(26-27-54(48,2)3)31-50(46-25-24-45(33)52(47)53(46)51)58(42-22-16-40(56)17-23-42)44-19-13-35-9-5-7-11-37(35)30-44/h4-25,28-32H,26-27H2,1-3H3. The molecule has 1 aliphatic carbocycles. The van der Waals surface area contributed by atoms with E-state index >= 15 is 0 Å². The van der Waals surface area contributed by atoms with E-state index in [-0.39, 0.29) is 17.0 Å². The van der Waals surface area contributed by atoms with Gasteiger partial charge < -0.3 is 9.80 Å². The topological polar surface area (TPSA) is 6.48 Å². The van der Waals surface area contributed by atoms with Crippen LogP contribution in [0.25, 0.3) is 53.9 Å². The van der Waals surface area contributed by atoms with Crippen molar-refractivity contribution in [1.29, 1.82) is 0 Å². The summed E-state index contributed by atoms with van der Waals surface area (Å²) in [5, 5.41) is 11.9. The fraction of sp³-hybridized carbons (Fsp3) is 0.111. The minimum absolute atomic E-state index is 0.0812. The van der Waals surface area contributed by atoms with Gasteiger partial charge in [0.05, 0.1) is 11.4 Å². The molecule has 0 amide bonds. The van der Waals surface area contributed by atoms with Crippen LogP contribution in [0.3, 0.4) is 0 Å². The van der Waals surface area contributed by atoms with E-state index in [1.165, 1.54) is 49.0 Å². The molecule has 0 heterocycles. The number of anilines is 6. The van der Waals surface area contributed by atoms with E-state index in [4.69, 9.17) is 0 Å². The first-order chi connectivity index (χ1) is 28.2. The van der Waals surface area contributed by atoms with Gasteiger partial charge in [0, 0.05) is 38.9 Å². The van der Waals surface area contributed by atoms with Crippen LogP contribution in [-0.2, 0) is 11.8 Å². The minimum atomic E-state index is -0.267. The van der Waals surface area contributed by atoms with Gasteiger partial charge in [-0.05, 0) is 171 Å². The summed E-state index contributed by atoms with van der Waals surface area (Å²) in [6.45, 7) is 6.96. The molecule has 280 valence electrons. The molecule has 2 nitrogen and oxygen atoms in total. The number of hydrogen-bond acceptors (Lipinski definition) is 2. The SMILES string of the molecule is Cc1cc(N(c2ccc(F)cc2)c2ccc3ccccc3c2)c2cc3c4c(cc(N(c5ccc(F)cc5)c5ccc6ccccc6c5)c5ccc1c2c54)CCC3(C)C. The Morgan fingerprint density at radius 3 is 1.52 bits per heavy atom. The molecule has 10 aromatic carbocycles. The van der Waals surface area contributed by atoms with E-state index in [1.807, 2.05) is 24.3 Å². The fourth-order valence-electron chi connectivity index (χ4n) is 9.67. The van der Waals surface area contributed by atoms with Gasteiger partial charge in [0.25, 0.3) is 0 Å². The van der Waals surface area contributed by atoms with Crippen LogP contribution >= 0.6 is 0 Å². The average Bonchev–Trinajstić information content (AvgIpc) is 3.24. The normalized spacial score (nSPS) is 13.6. The van der Waals surface area contributed by atoms with Gasteiger partial charge in [0.2, 0.25) is 0 Å². The van der Waals surface area contributed by atoms with Crippen molar-refractivity contribution in [3.8, 4) is 0 Å². The molecule has 1 aliphatic rings. The van der Waals surface area contributed by atoms with E-state index < -0.39 is 0 Å². The van der Waals surface area contributed by atoms with Crippen molar-refractivity contribution in [2.24, 2.45) is 0 Å². The summed E-state index contributed by atoms with van der Waals surface area (Å²) in [4.78, 5) is 4.61. The van der Waals surface area contributed by atoms with Crippen LogP contribution in [0.1, 0.15) is 37.0 Å². The first-order valence-electron chi connectivity index (χ1n) is 20.1. The molecule has 0 radical (unpaired) electrons. The van der Waals surface area contributed by atoms with Crippen molar-refractivity contribution in [3.63, 3.8) is 0 Å². The van der Waals surface area contributed by atoms with E-state index in [0.29, 0.717) is 0 Å². The van der Waals surface area contributed by atoms with Crippen molar-refractivity contribution in [2.75, 3.05) is 9.80 Å². The first-order valence-corrected chi connectivity index (χ1v) is 20.1. The lowest BCUT2D eigenvalue weighted by Crippen LogP contribution is -2.24. The molecule has 0 spiro atoms. The van der Waals surface area contributed by atoms with Crippen molar-refractivity contribution in [2.45, 2.75) is 39.0 Å². The Bertz CT molecular complexity index is 3240. The molecule has 0 aliphatic heterocycles. The van der Waals surface area contributed by atoms with Gasteiger partial charge in [0.1, 0.15) is 11.6 Å². The Kier molecular flexibility index (Phi) is 7.65. The molecular weight excluding hydrogens is 715 g/mol. The molecule has 0 saturated heterocycles. The van der Waals surface area contributed by atoms with Crippen molar-refractivity contribution in [1.82, 2.24) is 0 Å². The number of rotatable bonds is 6. The van der Waals surface area contributed by atoms with Crippen molar-refractivity contribution in [3.05, 3.63) is 192 Å². The quantitative estimate of drug-likeness (QED) is 0.156. The number of benzene rings is 10. The summed E-state index contributed by atoms with van der Waals surface area (Å²) in [5.41, 5.74) is 9.67. The number of halogens is 2. The molecule has 0 bridgehead atoms. The predicted molar refractivity (Wildman–Crippen MR) is 241 cm³/mol. The molecule has 0 unspecified atom stereocenters. The lowest BCUT2D eigenvalue weighted by Gasteiger charge is -2.37. The molecule has 10 aromatic rings. The number of hydrogen-bond donors (Lipinski definition) is 0. The van der Waals surface area contributed by atoms with Crippen LogP contribution in [0.4, 0.5) is 42.9 Å². The summed E-state index contributed by atoms with van der Waals surface area (Å²) < 4.78 is 29.2. The average molecular weight is 755 g/mol. The summed E-state index contributed by atoms with van der Waals surface area (Å²) in [7, 11) is 0. The maximum absolute atomic E-state index is 14.6. The van der Waals surface area contributed by atoms with Gasteiger partial charge >= 0.3 is 0 Å². The minimum Gasteiger partial charge on any atom is -0.310 e. The first kappa shape index (κ1) is 34.5. The van der Waals surface area contributed by atoms with Crippen LogP contribution in [-0.4, -0.2) is 0 Å². The third-order valence-corrected chi connectivity index (χ3v) is 12.6. The highest BCUT2D eigenvalue weighted by Crippen LogP contribution is 2.54. The third-order valence-electron chi connectivity index (χ3n) is 12.6.